The Morgan fingerprint density at radius 1 is 1.37 bits per heavy atom. The second-order valence-electron chi connectivity index (χ2n) is 6.77. The molecule has 0 saturated carbocycles. The number of thiazole rings is 1. The first kappa shape index (κ1) is 20.4. The summed E-state index contributed by atoms with van der Waals surface area (Å²) in [4.78, 5) is 19.3. The van der Waals surface area contributed by atoms with E-state index in [9.17, 15) is 13.2 Å². The molecule has 5 nitrogen and oxygen atoms in total. The molecule has 1 amide bonds. The van der Waals surface area contributed by atoms with Crippen LogP contribution >= 0.6 is 23.1 Å². The van der Waals surface area contributed by atoms with Gasteiger partial charge in [0.2, 0.25) is 5.91 Å². The second kappa shape index (κ2) is 8.75. The highest BCUT2D eigenvalue weighted by molar-refractivity contribution is 8.01. The molecule has 0 unspecified atom stereocenters. The van der Waals surface area contributed by atoms with Crippen molar-refractivity contribution in [3.05, 3.63) is 35.7 Å². The normalized spacial score (nSPS) is 19.7. The molecule has 0 bridgehead atoms. The Labute approximate surface area is 169 Å². The van der Waals surface area contributed by atoms with E-state index < -0.39 is 9.84 Å². The number of rotatable bonds is 7. The molecule has 1 fully saturated rings. The molecule has 0 spiro atoms. The maximum absolute atomic E-state index is 12.9. The first-order chi connectivity index (χ1) is 12.9. The number of sulfone groups is 1. The number of hydrogen-bond acceptors (Lipinski definition) is 6. The van der Waals surface area contributed by atoms with Crippen molar-refractivity contribution in [3.63, 3.8) is 0 Å². The number of hydrogen-bond donors (Lipinski definition) is 0. The molecule has 1 aliphatic heterocycles. The van der Waals surface area contributed by atoms with E-state index >= 15 is 0 Å². The van der Waals surface area contributed by atoms with Gasteiger partial charge in [-0.15, -0.1) is 11.3 Å². The van der Waals surface area contributed by atoms with Crippen LogP contribution in [0.15, 0.2) is 40.1 Å². The minimum Gasteiger partial charge on any atom is -0.335 e. The van der Waals surface area contributed by atoms with Crippen LogP contribution < -0.4 is 0 Å². The average molecular weight is 425 g/mol. The van der Waals surface area contributed by atoms with Gasteiger partial charge in [-0.25, -0.2) is 13.4 Å². The van der Waals surface area contributed by atoms with Crippen LogP contribution in [0.4, 0.5) is 0 Å². The van der Waals surface area contributed by atoms with E-state index in [0.717, 1.165) is 22.0 Å². The fraction of sp³-hybridized carbons (Fsp3) is 0.474. The van der Waals surface area contributed by atoms with E-state index in [1.54, 1.807) is 4.90 Å². The lowest BCUT2D eigenvalue weighted by molar-refractivity contribution is -0.132. The van der Waals surface area contributed by atoms with Gasteiger partial charge in [-0.2, -0.15) is 0 Å². The van der Waals surface area contributed by atoms with E-state index in [4.69, 9.17) is 0 Å². The molecule has 1 aromatic carbocycles. The lowest BCUT2D eigenvalue weighted by Gasteiger charge is -2.33. The van der Waals surface area contributed by atoms with Gasteiger partial charge in [-0.1, -0.05) is 49.0 Å². The smallest absolute Gasteiger partial charge is 0.233 e. The summed E-state index contributed by atoms with van der Waals surface area (Å²) >= 11 is 2.96. The zero-order valence-corrected chi connectivity index (χ0v) is 17.9. The number of aromatic nitrogens is 1. The molecule has 0 aliphatic carbocycles. The highest BCUT2D eigenvalue weighted by atomic mass is 32.2. The minimum atomic E-state index is -3.02. The maximum atomic E-state index is 12.9. The third-order valence-electron chi connectivity index (χ3n) is 4.83. The first-order valence-electron chi connectivity index (χ1n) is 9.05. The van der Waals surface area contributed by atoms with Crippen LogP contribution in [0.25, 0.3) is 11.3 Å². The van der Waals surface area contributed by atoms with Crippen LogP contribution in [0.5, 0.6) is 0 Å². The van der Waals surface area contributed by atoms with Crippen molar-refractivity contribution in [3.8, 4) is 11.3 Å². The molecule has 2 atom stereocenters. The van der Waals surface area contributed by atoms with Crippen molar-refractivity contribution in [2.75, 3.05) is 17.3 Å². The summed E-state index contributed by atoms with van der Waals surface area (Å²) in [7, 11) is -3.02. The fourth-order valence-corrected chi connectivity index (χ4v) is 6.68. The van der Waals surface area contributed by atoms with E-state index in [-0.39, 0.29) is 35.2 Å². The monoisotopic (exact) mass is 424 g/mol. The summed E-state index contributed by atoms with van der Waals surface area (Å²) in [6, 6.07) is 9.79. The van der Waals surface area contributed by atoms with Gasteiger partial charge in [0.05, 0.1) is 23.0 Å². The molecule has 1 saturated heterocycles. The molecule has 2 heterocycles. The van der Waals surface area contributed by atoms with E-state index in [1.165, 1.54) is 23.1 Å². The standard InChI is InChI=1S/C19H24N2O3S3/c1-3-14(2)21(16-9-10-27(23,24)13-16)18(22)12-26-19-20-17(11-25-19)15-7-5-4-6-8-15/h4-8,11,14,16H,3,9-10,12-13H2,1-2H3/t14-,16-/m1/s1. The Morgan fingerprint density at radius 2 is 2.11 bits per heavy atom. The van der Waals surface area contributed by atoms with Gasteiger partial charge in [0.25, 0.3) is 0 Å². The predicted molar refractivity (Wildman–Crippen MR) is 112 cm³/mol. The summed E-state index contributed by atoms with van der Waals surface area (Å²) in [6.07, 6.45) is 1.35. The van der Waals surface area contributed by atoms with Crippen LogP contribution in [-0.2, 0) is 14.6 Å². The van der Waals surface area contributed by atoms with E-state index in [0.29, 0.717) is 6.42 Å². The summed E-state index contributed by atoms with van der Waals surface area (Å²) in [6.45, 7) is 4.01. The van der Waals surface area contributed by atoms with Gasteiger partial charge in [0, 0.05) is 23.0 Å². The largest absolute Gasteiger partial charge is 0.335 e. The van der Waals surface area contributed by atoms with Crippen molar-refractivity contribution in [1.82, 2.24) is 9.88 Å². The number of carbonyl (C=O) groups excluding carboxylic acids is 1. The van der Waals surface area contributed by atoms with Gasteiger partial charge in [0.15, 0.2) is 14.2 Å². The van der Waals surface area contributed by atoms with Gasteiger partial charge in [0.1, 0.15) is 0 Å². The molecule has 8 heteroatoms. The lowest BCUT2D eigenvalue weighted by atomic mass is 10.1. The van der Waals surface area contributed by atoms with Crippen molar-refractivity contribution in [2.45, 2.75) is 43.1 Å². The Hall–Kier alpha value is -1.38. The summed E-state index contributed by atoms with van der Waals surface area (Å²) in [5.74, 6) is 0.539. The summed E-state index contributed by atoms with van der Waals surface area (Å²) < 4.78 is 24.5. The molecule has 3 rings (SSSR count). The van der Waals surface area contributed by atoms with Crippen molar-refractivity contribution >= 4 is 38.8 Å². The number of carbonyl (C=O) groups is 1. The third-order valence-corrected chi connectivity index (χ3v) is 8.58. The van der Waals surface area contributed by atoms with Crippen molar-refractivity contribution in [2.24, 2.45) is 0 Å². The molecule has 1 aliphatic rings. The molecule has 2 aromatic rings. The summed E-state index contributed by atoms with van der Waals surface area (Å²) in [5, 5.41) is 2.00. The van der Waals surface area contributed by atoms with Gasteiger partial charge in [-0.05, 0) is 19.8 Å². The number of nitrogens with zero attached hydrogens (tertiary/aromatic N) is 2. The zero-order valence-electron chi connectivity index (χ0n) is 15.5. The van der Waals surface area contributed by atoms with Crippen LogP contribution in [0, 0.1) is 0 Å². The van der Waals surface area contributed by atoms with E-state index in [2.05, 4.69) is 4.98 Å². The van der Waals surface area contributed by atoms with Gasteiger partial charge in [-0.3, -0.25) is 4.79 Å². The molecule has 146 valence electrons. The van der Waals surface area contributed by atoms with Crippen molar-refractivity contribution < 1.29 is 13.2 Å². The van der Waals surface area contributed by atoms with Crippen LogP contribution in [0.3, 0.4) is 0 Å². The molecule has 0 N–H and O–H groups in total. The lowest BCUT2D eigenvalue weighted by Crippen LogP contribution is -2.47. The Balaban J connectivity index is 1.65. The highest BCUT2D eigenvalue weighted by Gasteiger charge is 2.36. The number of thioether (sulfide) groups is 1. The third kappa shape index (κ3) is 5.12. The maximum Gasteiger partial charge on any atom is 0.233 e. The topological polar surface area (TPSA) is 67.3 Å². The Bertz CT molecular complexity index is 881. The summed E-state index contributed by atoms with van der Waals surface area (Å²) in [5.41, 5.74) is 1.97. The SMILES string of the molecule is CC[C@@H](C)N(C(=O)CSc1nc(-c2ccccc2)cs1)[C@@H]1CCS(=O)(=O)C1. The van der Waals surface area contributed by atoms with Gasteiger partial charge >= 0.3 is 0 Å². The van der Waals surface area contributed by atoms with E-state index in [1.807, 2.05) is 49.6 Å². The zero-order chi connectivity index (χ0) is 19.4. The number of amides is 1. The molecule has 27 heavy (non-hydrogen) atoms. The highest BCUT2D eigenvalue weighted by Crippen LogP contribution is 2.29. The molecular formula is C19H24N2O3S3. The van der Waals surface area contributed by atoms with Gasteiger partial charge < -0.3 is 4.90 Å². The fourth-order valence-electron chi connectivity index (χ4n) is 3.26. The number of benzene rings is 1. The van der Waals surface area contributed by atoms with Crippen LogP contribution in [0.2, 0.25) is 0 Å². The second-order valence-corrected chi connectivity index (χ2v) is 11.1. The van der Waals surface area contributed by atoms with Crippen LogP contribution in [0.1, 0.15) is 26.7 Å². The minimum absolute atomic E-state index is 0.00656. The predicted octanol–water partition coefficient (Wildman–Crippen LogP) is 3.72. The molecule has 1 aromatic heterocycles. The van der Waals surface area contributed by atoms with Crippen LogP contribution in [-0.4, -0.2) is 53.6 Å². The molecular weight excluding hydrogens is 400 g/mol. The average Bonchev–Trinajstić information content (AvgIpc) is 3.27. The van der Waals surface area contributed by atoms with Crippen molar-refractivity contribution in [1.29, 1.82) is 0 Å². The Morgan fingerprint density at radius 3 is 2.74 bits per heavy atom. The molecule has 0 radical (unpaired) electrons. The first-order valence-corrected chi connectivity index (χ1v) is 12.7. The Kier molecular flexibility index (Phi) is 6.60. The quantitative estimate of drug-likeness (QED) is 0.634.